The zero-order chi connectivity index (χ0) is 15.1. The van der Waals surface area contributed by atoms with E-state index in [-0.39, 0.29) is 6.04 Å². The van der Waals surface area contributed by atoms with Crippen LogP contribution in [0.1, 0.15) is 45.2 Å². The summed E-state index contributed by atoms with van der Waals surface area (Å²) in [5, 5.41) is 4.19. The molecule has 0 fully saturated rings. The van der Waals surface area contributed by atoms with Gasteiger partial charge in [-0.1, -0.05) is 38.8 Å². The number of ether oxygens (including phenoxy) is 2. The standard InChI is InChI=1S/C16H26ClNO2/c1-6-8-18-15(11(3)7-2)12-9-13(17)16(20-5)14(10-12)19-4/h9-11,15,18H,6-8H2,1-5H3. The van der Waals surface area contributed by atoms with Gasteiger partial charge in [0.05, 0.1) is 19.2 Å². The van der Waals surface area contributed by atoms with Gasteiger partial charge >= 0.3 is 0 Å². The van der Waals surface area contributed by atoms with Crippen molar-refractivity contribution in [1.82, 2.24) is 5.32 Å². The van der Waals surface area contributed by atoms with Crippen LogP contribution in [0.5, 0.6) is 11.5 Å². The summed E-state index contributed by atoms with van der Waals surface area (Å²) in [7, 11) is 3.24. The molecule has 1 aromatic carbocycles. The van der Waals surface area contributed by atoms with Crippen LogP contribution in [-0.4, -0.2) is 20.8 Å². The van der Waals surface area contributed by atoms with E-state index in [1.54, 1.807) is 14.2 Å². The Morgan fingerprint density at radius 1 is 1.20 bits per heavy atom. The van der Waals surface area contributed by atoms with Crippen molar-refractivity contribution in [2.75, 3.05) is 20.8 Å². The molecule has 0 aliphatic heterocycles. The largest absolute Gasteiger partial charge is 0.493 e. The summed E-state index contributed by atoms with van der Waals surface area (Å²) in [5.41, 5.74) is 1.15. The van der Waals surface area contributed by atoms with E-state index in [0.29, 0.717) is 22.4 Å². The molecule has 0 heterocycles. The predicted octanol–water partition coefficient (Wildman–Crippen LogP) is 4.44. The lowest BCUT2D eigenvalue weighted by molar-refractivity contribution is 0.349. The van der Waals surface area contributed by atoms with E-state index in [1.165, 1.54) is 0 Å². The van der Waals surface area contributed by atoms with Gasteiger partial charge in [-0.3, -0.25) is 0 Å². The minimum absolute atomic E-state index is 0.275. The second-order valence-electron chi connectivity index (χ2n) is 5.06. The molecule has 0 saturated heterocycles. The third-order valence-corrected chi connectivity index (χ3v) is 3.92. The van der Waals surface area contributed by atoms with Crippen molar-refractivity contribution in [3.05, 3.63) is 22.7 Å². The van der Waals surface area contributed by atoms with Gasteiger partial charge in [-0.2, -0.15) is 0 Å². The molecule has 3 nitrogen and oxygen atoms in total. The van der Waals surface area contributed by atoms with Crippen molar-refractivity contribution in [3.63, 3.8) is 0 Å². The second-order valence-corrected chi connectivity index (χ2v) is 5.46. The Kier molecular flexibility index (Phi) is 7.17. The third kappa shape index (κ3) is 4.03. The molecule has 20 heavy (non-hydrogen) atoms. The lowest BCUT2D eigenvalue weighted by Gasteiger charge is -2.26. The number of nitrogens with one attached hydrogen (secondary N) is 1. The van der Waals surface area contributed by atoms with Gasteiger partial charge in [0, 0.05) is 6.04 Å². The van der Waals surface area contributed by atoms with Gasteiger partial charge < -0.3 is 14.8 Å². The molecule has 1 N–H and O–H groups in total. The molecule has 0 aliphatic carbocycles. The molecule has 1 rings (SSSR count). The van der Waals surface area contributed by atoms with Gasteiger partial charge in [0.1, 0.15) is 0 Å². The van der Waals surface area contributed by atoms with Crippen LogP contribution in [-0.2, 0) is 0 Å². The molecule has 0 amide bonds. The maximum absolute atomic E-state index is 6.31. The first-order valence-corrected chi connectivity index (χ1v) is 7.61. The fourth-order valence-electron chi connectivity index (χ4n) is 2.30. The van der Waals surface area contributed by atoms with Gasteiger partial charge in [0.25, 0.3) is 0 Å². The summed E-state index contributed by atoms with van der Waals surface area (Å²) in [6.07, 6.45) is 2.21. The normalized spacial score (nSPS) is 13.9. The van der Waals surface area contributed by atoms with Crippen molar-refractivity contribution >= 4 is 11.6 Å². The van der Waals surface area contributed by atoms with E-state index < -0.39 is 0 Å². The average molecular weight is 300 g/mol. The lowest BCUT2D eigenvalue weighted by Crippen LogP contribution is -2.27. The SMILES string of the molecule is CCCNC(c1cc(Cl)c(OC)c(OC)c1)C(C)CC. The quantitative estimate of drug-likeness (QED) is 0.769. The molecule has 1 aromatic rings. The van der Waals surface area contributed by atoms with Crippen LogP contribution in [0.25, 0.3) is 0 Å². The first-order valence-electron chi connectivity index (χ1n) is 7.23. The molecule has 2 unspecified atom stereocenters. The highest BCUT2D eigenvalue weighted by Gasteiger charge is 2.21. The molecular formula is C16H26ClNO2. The first kappa shape index (κ1) is 17.1. The van der Waals surface area contributed by atoms with Gasteiger partial charge in [0.2, 0.25) is 0 Å². The van der Waals surface area contributed by atoms with E-state index in [4.69, 9.17) is 21.1 Å². The molecule has 114 valence electrons. The Hall–Kier alpha value is -0.930. The van der Waals surface area contributed by atoms with Crippen LogP contribution in [0.15, 0.2) is 12.1 Å². The minimum atomic E-state index is 0.275. The Morgan fingerprint density at radius 3 is 2.40 bits per heavy atom. The van der Waals surface area contributed by atoms with Crippen molar-refractivity contribution in [2.45, 2.75) is 39.7 Å². The van der Waals surface area contributed by atoms with E-state index in [9.17, 15) is 0 Å². The fourth-order valence-corrected chi connectivity index (χ4v) is 2.60. The minimum Gasteiger partial charge on any atom is -0.493 e. The zero-order valence-corrected chi connectivity index (χ0v) is 13.9. The average Bonchev–Trinajstić information content (AvgIpc) is 2.46. The highest BCUT2D eigenvalue weighted by atomic mass is 35.5. The molecule has 0 aliphatic rings. The monoisotopic (exact) mass is 299 g/mol. The van der Waals surface area contributed by atoms with Crippen LogP contribution in [0.3, 0.4) is 0 Å². The van der Waals surface area contributed by atoms with Crippen molar-refractivity contribution in [1.29, 1.82) is 0 Å². The summed E-state index contributed by atoms with van der Waals surface area (Å²) < 4.78 is 10.7. The number of halogens is 1. The van der Waals surface area contributed by atoms with Crippen LogP contribution in [0, 0.1) is 5.92 Å². The molecule has 2 atom stereocenters. The summed E-state index contributed by atoms with van der Waals surface area (Å²) in [4.78, 5) is 0. The van der Waals surface area contributed by atoms with E-state index in [0.717, 1.165) is 24.9 Å². The molecular weight excluding hydrogens is 274 g/mol. The predicted molar refractivity (Wildman–Crippen MR) is 85.0 cm³/mol. The van der Waals surface area contributed by atoms with E-state index >= 15 is 0 Å². The number of methoxy groups -OCH3 is 2. The number of benzene rings is 1. The van der Waals surface area contributed by atoms with Crippen LogP contribution >= 0.6 is 11.6 Å². The Bertz CT molecular complexity index is 423. The summed E-state index contributed by atoms with van der Waals surface area (Å²) in [5.74, 6) is 1.80. The molecule has 4 heteroatoms. The molecule has 0 saturated carbocycles. The Labute approximate surface area is 127 Å². The van der Waals surface area contributed by atoms with Gasteiger partial charge in [-0.25, -0.2) is 0 Å². The molecule has 0 bridgehead atoms. The Balaban J connectivity index is 3.15. The maximum Gasteiger partial charge on any atom is 0.179 e. The Morgan fingerprint density at radius 2 is 1.90 bits per heavy atom. The third-order valence-electron chi connectivity index (χ3n) is 3.64. The summed E-state index contributed by atoms with van der Waals surface area (Å²) in [6.45, 7) is 7.61. The van der Waals surface area contributed by atoms with E-state index in [2.05, 4.69) is 26.1 Å². The number of hydrogen-bond acceptors (Lipinski definition) is 3. The highest BCUT2D eigenvalue weighted by molar-refractivity contribution is 6.32. The molecule has 0 spiro atoms. The summed E-state index contributed by atoms with van der Waals surface area (Å²) in [6, 6.07) is 4.27. The van der Waals surface area contributed by atoms with E-state index in [1.807, 2.05) is 12.1 Å². The smallest absolute Gasteiger partial charge is 0.179 e. The number of hydrogen-bond donors (Lipinski definition) is 1. The van der Waals surface area contributed by atoms with Gasteiger partial charge in [0.15, 0.2) is 11.5 Å². The van der Waals surface area contributed by atoms with Crippen LogP contribution < -0.4 is 14.8 Å². The van der Waals surface area contributed by atoms with Crippen LogP contribution in [0.2, 0.25) is 5.02 Å². The molecule has 0 aromatic heterocycles. The zero-order valence-electron chi connectivity index (χ0n) is 13.1. The molecule has 0 radical (unpaired) electrons. The van der Waals surface area contributed by atoms with Gasteiger partial charge in [-0.05, 0) is 36.6 Å². The number of rotatable bonds is 8. The second kappa shape index (κ2) is 8.38. The van der Waals surface area contributed by atoms with Crippen molar-refractivity contribution in [3.8, 4) is 11.5 Å². The van der Waals surface area contributed by atoms with Crippen LogP contribution in [0.4, 0.5) is 0 Å². The summed E-state index contributed by atoms with van der Waals surface area (Å²) >= 11 is 6.31. The maximum atomic E-state index is 6.31. The fraction of sp³-hybridized carbons (Fsp3) is 0.625. The van der Waals surface area contributed by atoms with Crippen molar-refractivity contribution < 1.29 is 9.47 Å². The first-order chi connectivity index (χ1) is 9.58. The lowest BCUT2D eigenvalue weighted by atomic mass is 9.92. The van der Waals surface area contributed by atoms with Crippen molar-refractivity contribution in [2.24, 2.45) is 5.92 Å². The highest BCUT2D eigenvalue weighted by Crippen LogP contribution is 2.39. The topological polar surface area (TPSA) is 30.5 Å². The van der Waals surface area contributed by atoms with Gasteiger partial charge in [-0.15, -0.1) is 0 Å².